The maximum absolute atomic E-state index is 12.8. The molecule has 1 aromatic carbocycles. The van der Waals surface area contributed by atoms with E-state index >= 15 is 0 Å². The average molecular weight is 311 g/mol. The summed E-state index contributed by atoms with van der Waals surface area (Å²) in [6.07, 6.45) is -3.92. The highest BCUT2D eigenvalue weighted by atomic mass is 19.4. The molecule has 1 heterocycles. The van der Waals surface area contributed by atoms with Crippen LogP contribution in [0.25, 0.3) is 5.69 Å². The maximum atomic E-state index is 12.8. The van der Waals surface area contributed by atoms with Gasteiger partial charge in [0.1, 0.15) is 0 Å². The van der Waals surface area contributed by atoms with E-state index in [-0.39, 0.29) is 17.9 Å². The van der Waals surface area contributed by atoms with Crippen molar-refractivity contribution in [2.45, 2.75) is 13.1 Å². The summed E-state index contributed by atoms with van der Waals surface area (Å²) in [4.78, 5) is 23.7. The SMILES string of the molecule is CCOC(=O)c1ccccc1-n1cc(C(F)(F)F)ccc1=O. The predicted molar refractivity (Wildman–Crippen MR) is 73.0 cm³/mol. The lowest BCUT2D eigenvalue weighted by Gasteiger charge is -2.13. The number of para-hydroxylation sites is 1. The molecule has 0 atom stereocenters. The second-order valence-corrected chi connectivity index (χ2v) is 4.36. The fourth-order valence-corrected chi connectivity index (χ4v) is 1.91. The van der Waals surface area contributed by atoms with E-state index in [4.69, 9.17) is 4.74 Å². The van der Waals surface area contributed by atoms with Crippen LogP contribution >= 0.6 is 0 Å². The van der Waals surface area contributed by atoms with Crippen LogP contribution in [0.3, 0.4) is 0 Å². The summed E-state index contributed by atoms with van der Waals surface area (Å²) in [6.45, 7) is 1.72. The van der Waals surface area contributed by atoms with Crippen molar-refractivity contribution in [2.75, 3.05) is 6.61 Å². The predicted octanol–water partition coefficient (Wildman–Crippen LogP) is 3.03. The molecular weight excluding hydrogens is 299 g/mol. The molecule has 0 bridgehead atoms. The largest absolute Gasteiger partial charge is 0.462 e. The molecule has 0 saturated carbocycles. The number of hydrogen-bond acceptors (Lipinski definition) is 3. The first kappa shape index (κ1) is 15.8. The van der Waals surface area contributed by atoms with Gasteiger partial charge in [-0.2, -0.15) is 13.2 Å². The first-order valence-electron chi connectivity index (χ1n) is 6.41. The highest BCUT2D eigenvalue weighted by molar-refractivity contribution is 5.93. The van der Waals surface area contributed by atoms with Gasteiger partial charge < -0.3 is 4.74 Å². The van der Waals surface area contributed by atoms with E-state index in [1.807, 2.05) is 0 Å². The topological polar surface area (TPSA) is 48.3 Å². The van der Waals surface area contributed by atoms with Gasteiger partial charge in [-0.05, 0) is 25.1 Å². The zero-order valence-corrected chi connectivity index (χ0v) is 11.6. The molecule has 4 nitrogen and oxygen atoms in total. The second kappa shape index (κ2) is 6.05. The standard InChI is InChI=1S/C15H12F3NO3/c1-2-22-14(21)11-5-3-4-6-12(11)19-9-10(15(16,17)18)7-8-13(19)20/h3-9H,2H2,1H3. The van der Waals surface area contributed by atoms with Crippen LogP contribution in [0.1, 0.15) is 22.8 Å². The van der Waals surface area contributed by atoms with E-state index in [1.165, 1.54) is 24.3 Å². The lowest BCUT2D eigenvalue weighted by atomic mass is 10.1. The van der Waals surface area contributed by atoms with Gasteiger partial charge >= 0.3 is 12.1 Å². The Morgan fingerprint density at radius 2 is 1.86 bits per heavy atom. The van der Waals surface area contributed by atoms with E-state index in [1.54, 1.807) is 6.92 Å². The average Bonchev–Trinajstić information content (AvgIpc) is 2.47. The van der Waals surface area contributed by atoms with Gasteiger partial charge in [0.15, 0.2) is 0 Å². The smallest absolute Gasteiger partial charge is 0.417 e. The molecule has 0 unspecified atom stereocenters. The monoisotopic (exact) mass is 311 g/mol. The molecule has 116 valence electrons. The van der Waals surface area contributed by atoms with Gasteiger partial charge in [0.05, 0.1) is 23.4 Å². The second-order valence-electron chi connectivity index (χ2n) is 4.36. The summed E-state index contributed by atoms with van der Waals surface area (Å²) in [5.74, 6) is -0.706. The molecule has 0 aliphatic carbocycles. The van der Waals surface area contributed by atoms with Crippen molar-refractivity contribution in [1.29, 1.82) is 0 Å². The molecule has 0 aliphatic heterocycles. The Balaban J connectivity index is 2.62. The van der Waals surface area contributed by atoms with Crippen molar-refractivity contribution < 1.29 is 22.7 Å². The Labute approximate surface area is 123 Å². The minimum absolute atomic E-state index is 0.0192. The fourth-order valence-electron chi connectivity index (χ4n) is 1.91. The van der Waals surface area contributed by atoms with Crippen LogP contribution in [0.4, 0.5) is 13.2 Å². The lowest BCUT2D eigenvalue weighted by molar-refractivity contribution is -0.138. The van der Waals surface area contributed by atoms with E-state index in [2.05, 4.69) is 0 Å². The van der Waals surface area contributed by atoms with Gasteiger partial charge in [-0.1, -0.05) is 12.1 Å². The molecule has 2 rings (SSSR count). The molecule has 1 aromatic heterocycles. The molecule has 0 aliphatic rings. The van der Waals surface area contributed by atoms with Crippen molar-refractivity contribution in [3.8, 4) is 5.69 Å². The van der Waals surface area contributed by atoms with Crippen LogP contribution in [0.5, 0.6) is 0 Å². The number of aromatic nitrogens is 1. The fraction of sp³-hybridized carbons (Fsp3) is 0.200. The molecule has 2 aromatic rings. The summed E-state index contributed by atoms with van der Waals surface area (Å²) in [7, 11) is 0. The first-order valence-corrected chi connectivity index (χ1v) is 6.41. The zero-order valence-electron chi connectivity index (χ0n) is 11.6. The van der Waals surface area contributed by atoms with Crippen LogP contribution in [0.2, 0.25) is 0 Å². The van der Waals surface area contributed by atoms with E-state index in [0.717, 1.165) is 10.6 Å². The Morgan fingerprint density at radius 3 is 2.50 bits per heavy atom. The molecule has 0 saturated heterocycles. The Hall–Kier alpha value is -2.57. The van der Waals surface area contributed by atoms with Crippen molar-refractivity contribution in [2.24, 2.45) is 0 Å². The molecule has 0 amide bonds. The molecular formula is C15H12F3NO3. The van der Waals surface area contributed by atoms with Gasteiger partial charge in [0.25, 0.3) is 5.56 Å². The zero-order chi connectivity index (χ0) is 16.3. The maximum Gasteiger partial charge on any atom is 0.417 e. The molecule has 7 heteroatoms. The number of carbonyl (C=O) groups is 1. The highest BCUT2D eigenvalue weighted by Gasteiger charge is 2.31. The Kier molecular flexibility index (Phi) is 4.35. The number of carbonyl (C=O) groups excluding carboxylic acids is 1. The molecule has 22 heavy (non-hydrogen) atoms. The highest BCUT2D eigenvalue weighted by Crippen LogP contribution is 2.28. The summed E-state index contributed by atoms with van der Waals surface area (Å²) in [5, 5.41) is 0. The third kappa shape index (κ3) is 3.19. The lowest BCUT2D eigenvalue weighted by Crippen LogP contribution is -2.22. The van der Waals surface area contributed by atoms with Crippen LogP contribution in [-0.4, -0.2) is 17.1 Å². The summed E-state index contributed by atoms with van der Waals surface area (Å²) in [6, 6.07) is 7.34. The third-order valence-electron chi connectivity index (χ3n) is 2.90. The van der Waals surface area contributed by atoms with E-state index < -0.39 is 23.3 Å². The van der Waals surface area contributed by atoms with Crippen LogP contribution in [-0.2, 0) is 10.9 Å². The Bertz CT molecular complexity index is 750. The Morgan fingerprint density at radius 1 is 1.18 bits per heavy atom. The minimum Gasteiger partial charge on any atom is -0.462 e. The first-order chi connectivity index (χ1) is 10.3. The van der Waals surface area contributed by atoms with Crippen molar-refractivity contribution >= 4 is 5.97 Å². The number of alkyl halides is 3. The van der Waals surface area contributed by atoms with E-state index in [9.17, 15) is 22.8 Å². The van der Waals surface area contributed by atoms with Crippen LogP contribution < -0.4 is 5.56 Å². The summed E-state index contributed by atoms with van der Waals surface area (Å²) in [5.41, 5.74) is -1.60. The molecule has 0 N–H and O–H groups in total. The quantitative estimate of drug-likeness (QED) is 0.819. The number of benzene rings is 1. The van der Waals surface area contributed by atoms with Crippen LogP contribution in [0.15, 0.2) is 47.4 Å². The van der Waals surface area contributed by atoms with Gasteiger partial charge in [-0.15, -0.1) is 0 Å². The molecule has 0 spiro atoms. The van der Waals surface area contributed by atoms with Gasteiger partial charge in [0, 0.05) is 12.3 Å². The van der Waals surface area contributed by atoms with Crippen LogP contribution in [0, 0.1) is 0 Å². The van der Waals surface area contributed by atoms with E-state index in [0.29, 0.717) is 12.3 Å². The van der Waals surface area contributed by atoms with Crippen molar-refractivity contribution in [1.82, 2.24) is 4.57 Å². The number of esters is 1. The van der Waals surface area contributed by atoms with Gasteiger partial charge in [-0.3, -0.25) is 9.36 Å². The van der Waals surface area contributed by atoms with Crippen molar-refractivity contribution in [3.05, 3.63) is 64.1 Å². The number of pyridine rings is 1. The number of hydrogen-bond donors (Lipinski definition) is 0. The third-order valence-corrected chi connectivity index (χ3v) is 2.90. The summed E-state index contributed by atoms with van der Waals surface area (Å²) < 4.78 is 44.0. The summed E-state index contributed by atoms with van der Waals surface area (Å²) >= 11 is 0. The normalized spacial score (nSPS) is 11.3. The van der Waals surface area contributed by atoms with Gasteiger partial charge in [-0.25, -0.2) is 4.79 Å². The number of rotatable bonds is 3. The van der Waals surface area contributed by atoms with Crippen molar-refractivity contribution in [3.63, 3.8) is 0 Å². The number of halogens is 3. The molecule has 0 fully saturated rings. The number of ether oxygens (including phenoxy) is 1. The molecule has 0 radical (unpaired) electrons. The van der Waals surface area contributed by atoms with Gasteiger partial charge in [0.2, 0.25) is 0 Å². The number of nitrogens with zero attached hydrogens (tertiary/aromatic N) is 1. The minimum atomic E-state index is -4.59.